The number of amides is 1. The second-order valence-electron chi connectivity index (χ2n) is 10.3. The third-order valence-corrected chi connectivity index (χ3v) is 7.92. The maximum Gasteiger partial charge on any atom is 0.410 e. The number of anilines is 1. The lowest BCUT2D eigenvalue weighted by molar-refractivity contribution is 0.104. The summed E-state index contributed by atoms with van der Waals surface area (Å²) in [7, 11) is -3.35. The average molecular weight is 551 g/mol. The smallest absolute Gasteiger partial charge is 0.410 e. The first-order valence-electron chi connectivity index (χ1n) is 13.1. The van der Waals surface area contributed by atoms with Gasteiger partial charge in [0.25, 0.3) is 0 Å². The van der Waals surface area contributed by atoms with Crippen LogP contribution in [0.1, 0.15) is 41.3 Å². The van der Waals surface area contributed by atoms with Crippen LogP contribution in [0.5, 0.6) is 11.6 Å². The molecule has 206 valence electrons. The standard InChI is InChI=1S/C29H34N4O5S/c1-20-17-25(10-11-26(20)31-39(3,35)36)38-28-12-9-23(21(2)30-28)18-32-15-13-24(14-16-32)33-27(19-37-29(33)34)22-7-5-4-6-8-22/h4-12,17,24,27,31H,13-16,18-19H2,1-3H3/t27-/m0/s1. The quantitative estimate of drug-likeness (QED) is 0.420. The monoisotopic (exact) mass is 550 g/mol. The lowest BCUT2D eigenvalue weighted by Crippen LogP contribution is -2.46. The molecule has 2 aromatic carbocycles. The summed E-state index contributed by atoms with van der Waals surface area (Å²) in [6.45, 7) is 6.76. The minimum Gasteiger partial charge on any atom is -0.447 e. The Labute approximate surface area is 229 Å². The van der Waals surface area contributed by atoms with Gasteiger partial charge in [-0.3, -0.25) is 14.5 Å². The van der Waals surface area contributed by atoms with Crippen LogP contribution < -0.4 is 9.46 Å². The van der Waals surface area contributed by atoms with E-state index in [0.717, 1.165) is 61.1 Å². The van der Waals surface area contributed by atoms with Crippen molar-refractivity contribution in [1.29, 1.82) is 0 Å². The molecule has 0 unspecified atom stereocenters. The molecule has 0 saturated carbocycles. The molecule has 2 fully saturated rings. The van der Waals surface area contributed by atoms with Gasteiger partial charge in [0.15, 0.2) is 0 Å². The molecule has 1 aromatic heterocycles. The molecule has 5 rings (SSSR count). The Bertz CT molecular complexity index is 1440. The predicted molar refractivity (Wildman–Crippen MR) is 149 cm³/mol. The summed E-state index contributed by atoms with van der Waals surface area (Å²) in [4.78, 5) is 21.6. The summed E-state index contributed by atoms with van der Waals surface area (Å²) >= 11 is 0. The van der Waals surface area contributed by atoms with E-state index in [9.17, 15) is 13.2 Å². The van der Waals surface area contributed by atoms with Crippen molar-refractivity contribution in [2.75, 3.05) is 30.7 Å². The van der Waals surface area contributed by atoms with E-state index in [1.807, 2.05) is 49.1 Å². The number of rotatable bonds is 8. The fourth-order valence-electron chi connectivity index (χ4n) is 5.29. The van der Waals surface area contributed by atoms with E-state index < -0.39 is 10.0 Å². The molecule has 1 amide bonds. The number of piperidine rings is 1. The Hall–Kier alpha value is -3.63. The second kappa shape index (κ2) is 11.2. The Balaban J connectivity index is 1.17. The Kier molecular flexibility index (Phi) is 7.76. The molecule has 3 aromatic rings. The van der Waals surface area contributed by atoms with E-state index in [-0.39, 0.29) is 18.2 Å². The first-order valence-corrected chi connectivity index (χ1v) is 15.0. The first-order chi connectivity index (χ1) is 18.7. The van der Waals surface area contributed by atoms with Crippen LogP contribution in [0.4, 0.5) is 10.5 Å². The molecule has 1 atom stereocenters. The van der Waals surface area contributed by atoms with Gasteiger partial charge in [-0.25, -0.2) is 18.2 Å². The Morgan fingerprint density at radius 1 is 1.05 bits per heavy atom. The van der Waals surface area contributed by atoms with Crippen LogP contribution in [-0.4, -0.2) is 61.3 Å². The molecule has 1 N–H and O–H groups in total. The van der Waals surface area contributed by atoms with Gasteiger partial charge in [-0.1, -0.05) is 36.4 Å². The summed E-state index contributed by atoms with van der Waals surface area (Å²) in [5.74, 6) is 1.07. The fourth-order valence-corrected chi connectivity index (χ4v) is 5.92. The van der Waals surface area contributed by atoms with Crippen LogP contribution in [-0.2, 0) is 21.3 Å². The highest BCUT2D eigenvalue weighted by Crippen LogP contribution is 2.33. The van der Waals surface area contributed by atoms with E-state index in [0.29, 0.717) is 23.9 Å². The highest BCUT2D eigenvalue weighted by atomic mass is 32.2. The van der Waals surface area contributed by atoms with Crippen molar-refractivity contribution in [1.82, 2.24) is 14.8 Å². The first kappa shape index (κ1) is 27.0. The van der Waals surface area contributed by atoms with Crippen LogP contribution in [0, 0.1) is 13.8 Å². The normalized spacial score (nSPS) is 18.7. The number of aromatic nitrogens is 1. The number of cyclic esters (lactones) is 1. The lowest BCUT2D eigenvalue weighted by atomic mass is 9.98. The van der Waals surface area contributed by atoms with Crippen molar-refractivity contribution in [2.24, 2.45) is 0 Å². The average Bonchev–Trinajstić information content (AvgIpc) is 3.29. The van der Waals surface area contributed by atoms with Gasteiger partial charge in [0.05, 0.1) is 18.0 Å². The number of nitrogens with one attached hydrogen (secondary N) is 1. The van der Waals surface area contributed by atoms with Gasteiger partial charge in [0.2, 0.25) is 15.9 Å². The fraction of sp³-hybridized carbons (Fsp3) is 0.379. The number of likely N-dealkylation sites (tertiary alicyclic amines) is 1. The number of ether oxygens (including phenoxy) is 2. The zero-order chi connectivity index (χ0) is 27.6. The maximum absolute atomic E-state index is 12.6. The molecule has 2 aliphatic rings. The number of hydrogen-bond donors (Lipinski definition) is 1. The minimum absolute atomic E-state index is 0.0230. The van der Waals surface area contributed by atoms with Crippen molar-refractivity contribution in [3.05, 3.63) is 83.0 Å². The molecule has 0 radical (unpaired) electrons. The molecular weight excluding hydrogens is 516 g/mol. The highest BCUT2D eigenvalue weighted by Gasteiger charge is 2.40. The molecule has 2 aliphatic heterocycles. The van der Waals surface area contributed by atoms with Gasteiger partial charge in [-0.2, -0.15) is 0 Å². The molecule has 0 spiro atoms. The second-order valence-corrected chi connectivity index (χ2v) is 12.0. The summed E-state index contributed by atoms with van der Waals surface area (Å²) in [6.07, 6.45) is 2.71. The van der Waals surface area contributed by atoms with E-state index in [1.54, 1.807) is 18.2 Å². The van der Waals surface area contributed by atoms with Crippen molar-refractivity contribution in [3.63, 3.8) is 0 Å². The van der Waals surface area contributed by atoms with E-state index in [4.69, 9.17) is 9.47 Å². The molecule has 2 saturated heterocycles. The van der Waals surface area contributed by atoms with Crippen molar-refractivity contribution >= 4 is 21.8 Å². The van der Waals surface area contributed by atoms with Crippen LogP contribution in [0.25, 0.3) is 0 Å². The number of carbonyl (C=O) groups excluding carboxylic acids is 1. The van der Waals surface area contributed by atoms with E-state index in [2.05, 4.69) is 26.7 Å². The molecule has 39 heavy (non-hydrogen) atoms. The van der Waals surface area contributed by atoms with Gasteiger partial charge < -0.3 is 9.47 Å². The predicted octanol–water partition coefficient (Wildman–Crippen LogP) is 5.02. The van der Waals surface area contributed by atoms with Crippen LogP contribution >= 0.6 is 0 Å². The molecule has 3 heterocycles. The summed E-state index contributed by atoms with van der Waals surface area (Å²) < 4.78 is 36.9. The molecule has 10 heteroatoms. The van der Waals surface area contributed by atoms with Crippen LogP contribution in [0.3, 0.4) is 0 Å². The van der Waals surface area contributed by atoms with Gasteiger partial charge in [-0.05, 0) is 61.6 Å². The molecule has 0 bridgehead atoms. The van der Waals surface area contributed by atoms with Crippen molar-refractivity contribution < 1.29 is 22.7 Å². The number of hydrogen-bond acceptors (Lipinski definition) is 7. The third kappa shape index (κ3) is 6.51. The SMILES string of the molecule is Cc1cc(Oc2ccc(CN3CCC(N4C(=O)OC[C@H]4c4ccccc4)CC3)c(C)n2)ccc1NS(C)(=O)=O. The summed E-state index contributed by atoms with van der Waals surface area (Å²) in [5.41, 5.74) is 4.42. The van der Waals surface area contributed by atoms with Gasteiger partial charge in [-0.15, -0.1) is 0 Å². The number of aryl methyl sites for hydroxylation is 2. The number of benzene rings is 2. The third-order valence-electron chi connectivity index (χ3n) is 7.33. The maximum atomic E-state index is 12.6. The van der Waals surface area contributed by atoms with Gasteiger partial charge in [0, 0.05) is 37.4 Å². The van der Waals surface area contributed by atoms with E-state index >= 15 is 0 Å². The topological polar surface area (TPSA) is 101 Å². The number of carbonyl (C=O) groups is 1. The largest absolute Gasteiger partial charge is 0.447 e. The van der Waals surface area contributed by atoms with E-state index in [1.165, 1.54) is 0 Å². The summed E-state index contributed by atoms with van der Waals surface area (Å²) in [6, 6.07) is 19.3. The highest BCUT2D eigenvalue weighted by molar-refractivity contribution is 7.92. The zero-order valence-corrected chi connectivity index (χ0v) is 23.3. The number of nitrogens with zero attached hydrogens (tertiary/aromatic N) is 3. The summed E-state index contributed by atoms with van der Waals surface area (Å²) in [5, 5.41) is 0. The van der Waals surface area contributed by atoms with Crippen molar-refractivity contribution in [3.8, 4) is 11.6 Å². The van der Waals surface area contributed by atoms with Gasteiger partial charge >= 0.3 is 6.09 Å². The number of sulfonamides is 1. The molecule has 0 aliphatic carbocycles. The molecule has 9 nitrogen and oxygen atoms in total. The zero-order valence-electron chi connectivity index (χ0n) is 22.5. The van der Waals surface area contributed by atoms with Crippen molar-refractivity contribution in [2.45, 2.75) is 45.3 Å². The Morgan fingerprint density at radius 3 is 2.46 bits per heavy atom. The lowest BCUT2D eigenvalue weighted by Gasteiger charge is -2.38. The van der Waals surface area contributed by atoms with Crippen LogP contribution in [0.2, 0.25) is 0 Å². The minimum atomic E-state index is -3.35. The van der Waals surface area contributed by atoms with Gasteiger partial charge in [0.1, 0.15) is 12.4 Å². The Morgan fingerprint density at radius 2 is 1.79 bits per heavy atom. The number of pyridine rings is 1. The van der Waals surface area contributed by atoms with Crippen LogP contribution in [0.15, 0.2) is 60.7 Å². The molecular formula is C29H34N4O5S.